The van der Waals surface area contributed by atoms with Gasteiger partial charge >= 0.3 is 0 Å². The molecule has 5 nitrogen and oxygen atoms in total. The number of hydrogen-bond acceptors (Lipinski definition) is 3. The summed E-state index contributed by atoms with van der Waals surface area (Å²) in [4.78, 5) is 15.3. The maximum atomic E-state index is 5.15. The van der Waals surface area contributed by atoms with E-state index in [0.717, 1.165) is 39.1 Å². The van der Waals surface area contributed by atoms with Crippen molar-refractivity contribution in [3.8, 4) is 45.5 Å². The molecule has 0 N–H and O–H groups in total. The summed E-state index contributed by atoms with van der Waals surface area (Å²) in [5.41, 5.74) is 9.60. The molecule has 11 rings (SSSR count). The van der Waals surface area contributed by atoms with Gasteiger partial charge < -0.3 is 9.13 Å². The first-order valence-corrected chi connectivity index (χ1v) is 18.2. The maximum absolute atomic E-state index is 5.15. The molecule has 0 saturated carbocycles. The Hall–Kier alpha value is -7.37. The van der Waals surface area contributed by atoms with Crippen LogP contribution in [-0.2, 0) is 0 Å². The lowest BCUT2D eigenvalue weighted by Gasteiger charge is -2.11. The molecule has 0 aliphatic carbocycles. The second-order valence-electron chi connectivity index (χ2n) is 13.7. The van der Waals surface area contributed by atoms with Gasteiger partial charge in [0.05, 0.1) is 22.1 Å². The largest absolute Gasteiger partial charge is 0.309 e. The van der Waals surface area contributed by atoms with E-state index in [-0.39, 0.29) is 0 Å². The molecule has 0 atom stereocenters. The summed E-state index contributed by atoms with van der Waals surface area (Å²) in [6, 6.07) is 66.2. The van der Waals surface area contributed by atoms with Crippen molar-refractivity contribution in [2.24, 2.45) is 0 Å². The number of para-hydroxylation sites is 3. The summed E-state index contributed by atoms with van der Waals surface area (Å²) >= 11 is 0. The summed E-state index contributed by atoms with van der Waals surface area (Å²) in [5.74, 6) is 1.89. The van der Waals surface area contributed by atoms with Gasteiger partial charge in [-0.2, -0.15) is 0 Å². The minimum absolute atomic E-state index is 0.627. The number of benzene rings is 8. The Kier molecular flexibility index (Phi) is 6.79. The number of hydrogen-bond donors (Lipinski definition) is 0. The molecule has 0 radical (unpaired) electrons. The van der Waals surface area contributed by atoms with E-state index in [0.29, 0.717) is 17.5 Å². The van der Waals surface area contributed by atoms with Crippen molar-refractivity contribution in [1.29, 1.82) is 0 Å². The molecule has 0 aliphatic rings. The number of fused-ring (bicyclic) bond motifs is 7. The third-order valence-electron chi connectivity index (χ3n) is 10.5. The average molecular weight is 690 g/mol. The summed E-state index contributed by atoms with van der Waals surface area (Å²) in [6.45, 7) is 0. The van der Waals surface area contributed by atoms with Gasteiger partial charge in [-0.25, -0.2) is 15.0 Å². The molecule has 252 valence electrons. The van der Waals surface area contributed by atoms with Gasteiger partial charge in [-0.1, -0.05) is 121 Å². The Morgan fingerprint density at radius 3 is 1.39 bits per heavy atom. The minimum atomic E-state index is 0.627. The number of aromatic nitrogens is 5. The van der Waals surface area contributed by atoms with Crippen LogP contribution in [0.25, 0.3) is 99.9 Å². The first kappa shape index (κ1) is 30.3. The Morgan fingerprint density at radius 1 is 0.278 bits per heavy atom. The van der Waals surface area contributed by atoms with Gasteiger partial charge in [0.2, 0.25) is 0 Å². The number of rotatable bonds is 5. The van der Waals surface area contributed by atoms with Crippen molar-refractivity contribution in [3.05, 3.63) is 188 Å². The van der Waals surface area contributed by atoms with E-state index in [1.807, 2.05) is 18.2 Å². The highest BCUT2D eigenvalue weighted by atomic mass is 15.0. The second-order valence-corrected chi connectivity index (χ2v) is 13.7. The lowest BCUT2D eigenvalue weighted by Crippen LogP contribution is -2.01. The van der Waals surface area contributed by atoms with Crippen LogP contribution in [0.15, 0.2) is 188 Å². The van der Waals surface area contributed by atoms with Crippen molar-refractivity contribution in [3.63, 3.8) is 0 Å². The van der Waals surface area contributed by atoms with Crippen LogP contribution in [0.5, 0.6) is 0 Å². The quantitative estimate of drug-likeness (QED) is 0.181. The van der Waals surface area contributed by atoms with E-state index >= 15 is 0 Å². The van der Waals surface area contributed by atoms with Crippen LogP contribution < -0.4 is 0 Å². The first-order chi connectivity index (χ1) is 26.8. The van der Waals surface area contributed by atoms with Gasteiger partial charge in [-0.15, -0.1) is 0 Å². The standard InChI is InChI=1S/C49H31N5/c1-3-13-32(14-4-1)47-50-48(52-49(51-47)36-25-28-41-39-19-9-11-21-43(39)53(45(41)31-36)37-17-5-2-6-18-37)33-23-26-38(27-24-33)54-44-22-12-10-20-40(44)42-29-34-15-7-8-16-35(34)30-46(42)54/h1-31H. The monoisotopic (exact) mass is 689 g/mol. The highest BCUT2D eigenvalue weighted by Gasteiger charge is 2.18. The molecule has 54 heavy (non-hydrogen) atoms. The zero-order chi connectivity index (χ0) is 35.6. The Morgan fingerprint density at radius 2 is 0.722 bits per heavy atom. The van der Waals surface area contributed by atoms with Crippen LogP contribution in [0.3, 0.4) is 0 Å². The van der Waals surface area contributed by atoms with Crippen LogP contribution in [-0.4, -0.2) is 24.1 Å². The van der Waals surface area contributed by atoms with E-state index < -0.39 is 0 Å². The molecular weight excluding hydrogens is 659 g/mol. The molecule has 11 aromatic rings. The van der Waals surface area contributed by atoms with E-state index in [1.165, 1.54) is 43.4 Å². The summed E-state index contributed by atoms with van der Waals surface area (Å²) in [5, 5.41) is 7.33. The molecule has 0 aliphatic heterocycles. The minimum Gasteiger partial charge on any atom is -0.309 e. The molecule has 0 unspecified atom stereocenters. The van der Waals surface area contributed by atoms with Crippen molar-refractivity contribution < 1.29 is 0 Å². The van der Waals surface area contributed by atoms with Crippen molar-refractivity contribution in [1.82, 2.24) is 24.1 Å². The van der Waals surface area contributed by atoms with Crippen LogP contribution in [0, 0.1) is 0 Å². The van der Waals surface area contributed by atoms with Gasteiger partial charge in [0, 0.05) is 49.6 Å². The highest BCUT2D eigenvalue weighted by molar-refractivity contribution is 6.14. The van der Waals surface area contributed by atoms with Crippen molar-refractivity contribution >= 4 is 54.4 Å². The lowest BCUT2D eigenvalue weighted by atomic mass is 10.1. The highest BCUT2D eigenvalue weighted by Crippen LogP contribution is 2.37. The fourth-order valence-corrected chi connectivity index (χ4v) is 8.01. The van der Waals surface area contributed by atoms with Gasteiger partial charge in [0.15, 0.2) is 17.5 Å². The third-order valence-corrected chi connectivity index (χ3v) is 10.5. The normalized spacial score (nSPS) is 11.7. The van der Waals surface area contributed by atoms with Gasteiger partial charge in [-0.3, -0.25) is 0 Å². The average Bonchev–Trinajstić information content (AvgIpc) is 3.75. The number of nitrogens with zero attached hydrogens (tertiary/aromatic N) is 5. The van der Waals surface area contributed by atoms with E-state index in [2.05, 4.69) is 179 Å². The molecule has 0 saturated heterocycles. The van der Waals surface area contributed by atoms with Crippen LogP contribution in [0.1, 0.15) is 0 Å². The lowest BCUT2D eigenvalue weighted by molar-refractivity contribution is 1.07. The Labute approximate surface area is 311 Å². The van der Waals surface area contributed by atoms with Crippen LogP contribution in [0.4, 0.5) is 0 Å². The molecule has 0 fully saturated rings. The van der Waals surface area contributed by atoms with Gasteiger partial charge in [0.25, 0.3) is 0 Å². The van der Waals surface area contributed by atoms with Crippen LogP contribution in [0.2, 0.25) is 0 Å². The van der Waals surface area contributed by atoms with Crippen molar-refractivity contribution in [2.45, 2.75) is 0 Å². The predicted molar refractivity (Wildman–Crippen MR) is 222 cm³/mol. The maximum Gasteiger partial charge on any atom is 0.164 e. The van der Waals surface area contributed by atoms with E-state index in [1.54, 1.807) is 0 Å². The Bertz CT molecular complexity index is 3200. The van der Waals surface area contributed by atoms with Crippen molar-refractivity contribution in [2.75, 3.05) is 0 Å². The summed E-state index contributed by atoms with van der Waals surface area (Å²) in [7, 11) is 0. The molecule has 0 amide bonds. The van der Waals surface area contributed by atoms with Crippen LogP contribution >= 0.6 is 0 Å². The van der Waals surface area contributed by atoms with Gasteiger partial charge in [-0.05, 0) is 77.5 Å². The van der Waals surface area contributed by atoms with E-state index in [4.69, 9.17) is 15.0 Å². The second kappa shape index (κ2) is 12.1. The topological polar surface area (TPSA) is 48.5 Å². The Balaban J connectivity index is 1.07. The predicted octanol–water partition coefficient (Wildman–Crippen LogP) is 12.2. The molecule has 8 aromatic carbocycles. The molecule has 0 spiro atoms. The fourth-order valence-electron chi connectivity index (χ4n) is 8.01. The summed E-state index contributed by atoms with van der Waals surface area (Å²) < 4.78 is 4.68. The molecular formula is C49H31N5. The van der Waals surface area contributed by atoms with Gasteiger partial charge in [0.1, 0.15) is 0 Å². The third kappa shape index (κ3) is 4.83. The summed E-state index contributed by atoms with van der Waals surface area (Å²) in [6.07, 6.45) is 0. The molecule has 0 bridgehead atoms. The zero-order valence-corrected chi connectivity index (χ0v) is 29.1. The van der Waals surface area contributed by atoms with E-state index in [9.17, 15) is 0 Å². The zero-order valence-electron chi connectivity index (χ0n) is 29.1. The molecule has 5 heteroatoms. The first-order valence-electron chi connectivity index (χ1n) is 18.2. The smallest absolute Gasteiger partial charge is 0.164 e. The molecule has 3 aromatic heterocycles. The fraction of sp³-hybridized carbons (Fsp3) is 0. The SMILES string of the molecule is c1ccc(-c2nc(-c3ccc(-n4c5ccccc5c5cc6ccccc6cc54)cc3)nc(-c3ccc4c5ccccc5n(-c5ccccc5)c4c3)n2)cc1. The molecule has 3 heterocycles.